The van der Waals surface area contributed by atoms with Gasteiger partial charge in [0.2, 0.25) is 17.7 Å². The molecule has 1 aromatic carbocycles. The van der Waals surface area contributed by atoms with Crippen LogP contribution < -0.4 is 16.4 Å². The maximum Gasteiger partial charge on any atom is 0.246 e. The average Bonchev–Trinajstić information content (AvgIpc) is 2.61. The number of hydrogen-bond donors (Lipinski definition) is 3. The molecule has 150 valence electrons. The second kappa shape index (κ2) is 12.1. The van der Waals surface area contributed by atoms with Gasteiger partial charge >= 0.3 is 0 Å². The first-order valence-electron chi connectivity index (χ1n) is 9.79. The highest BCUT2D eigenvalue weighted by Gasteiger charge is 2.36. The largest absolute Gasteiger partial charge is 0.370 e. The Balaban J connectivity index is 2.53. The molecule has 27 heavy (non-hydrogen) atoms. The SMILES string of the molecule is CCCCCCCC(=O)NC(C)(CC(N)=O)C(=O)NCCc1ccccc1. The van der Waals surface area contributed by atoms with Crippen molar-refractivity contribution < 1.29 is 14.4 Å². The molecule has 0 aliphatic rings. The van der Waals surface area contributed by atoms with Crippen LogP contribution in [0.1, 0.15) is 64.4 Å². The first-order valence-corrected chi connectivity index (χ1v) is 9.79. The molecule has 0 aliphatic carbocycles. The number of nitrogens with two attached hydrogens (primary N) is 1. The van der Waals surface area contributed by atoms with Crippen LogP contribution in [0.5, 0.6) is 0 Å². The van der Waals surface area contributed by atoms with Gasteiger partial charge in [0, 0.05) is 13.0 Å². The van der Waals surface area contributed by atoms with E-state index in [1.54, 1.807) is 6.92 Å². The lowest BCUT2D eigenvalue weighted by molar-refractivity contribution is -0.135. The predicted octanol–water partition coefficient (Wildman–Crippen LogP) is 2.46. The third-order valence-electron chi connectivity index (χ3n) is 4.49. The summed E-state index contributed by atoms with van der Waals surface area (Å²) in [5, 5.41) is 5.52. The number of carbonyl (C=O) groups is 3. The standard InChI is InChI=1S/C21H33N3O3/c1-3-4-5-6-10-13-19(26)24-21(2,16-18(22)25)20(27)23-15-14-17-11-8-7-9-12-17/h7-9,11-12H,3-6,10,13-16H2,1-2H3,(H2,22,25)(H,23,27)(H,24,26). The second-order valence-electron chi connectivity index (χ2n) is 7.18. The molecular formula is C21H33N3O3. The molecule has 0 heterocycles. The van der Waals surface area contributed by atoms with Crippen LogP contribution in [0.25, 0.3) is 0 Å². The Hall–Kier alpha value is -2.37. The van der Waals surface area contributed by atoms with Crippen molar-refractivity contribution in [3.8, 4) is 0 Å². The Morgan fingerprint density at radius 3 is 2.33 bits per heavy atom. The molecule has 1 atom stereocenters. The molecule has 0 aliphatic heterocycles. The fraction of sp³-hybridized carbons (Fsp3) is 0.571. The summed E-state index contributed by atoms with van der Waals surface area (Å²) < 4.78 is 0. The molecule has 0 radical (unpaired) electrons. The van der Waals surface area contributed by atoms with E-state index in [1.165, 1.54) is 0 Å². The zero-order chi connectivity index (χ0) is 20.1. The first-order chi connectivity index (χ1) is 12.9. The zero-order valence-electron chi connectivity index (χ0n) is 16.6. The Morgan fingerprint density at radius 1 is 1.04 bits per heavy atom. The molecule has 3 amide bonds. The lowest BCUT2D eigenvalue weighted by Crippen LogP contribution is -2.58. The van der Waals surface area contributed by atoms with Crippen LogP contribution in [0.3, 0.4) is 0 Å². The number of rotatable bonds is 13. The van der Waals surface area contributed by atoms with Crippen molar-refractivity contribution in [1.82, 2.24) is 10.6 Å². The van der Waals surface area contributed by atoms with Crippen LogP contribution >= 0.6 is 0 Å². The van der Waals surface area contributed by atoms with Gasteiger partial charge in [0.15, 0.2) is 0 Å². The fourth-order valence-electron chi connectivity index (χ4n) is 2.95. The number of nitrogens with one attached hydrogen (secondary N) is 2. The molecule has 0 spiro atoms. The first kappa shape index (κ1) is 22.7. The van der Waals surface area contributed by atoms with Crippen LogP contribution in [0.2, 0.25) is 0 Å². The molecule has 0 aromatic heterocycles. The molecule has 0 saturated heterocycles. The number of benzene rings is 1. The summed E-state index contributed by atoms with van der Waals surface area (Å²) in [5.41, 5.74) is 5.07. The van der Waals surface area contributed by atoms with E-state index in [0.29, 0.717) is 19.4 Å². The molecular weight excluding hydrogens is 342 g/mol. The minimum atomic E-state index is -1.33. The molecule has 0 fully saturated rings. The molecule has 6 nitrogen and oxygen atoms in total. The predicted molar refractivity (Wildman–Crippen MR) is 107 cm³/mol. The van der Waals surface area contributed by atoms with Crippen molar-refractivity contribution in [2.75, 3.05) is 6.54 Å². The molecule has 0 saturated carbocycles. The summed E-state index contributed by atoms with van der Waals surface area (Å²) >= 11 is 0. The normalized spacial score (nSPS) is 12.8. The Morgan fingerprint density at radius 2 is 1.70 bits per heavy atom. The van der Waals surface area contributed by atoms with Crippen LogP contribution in [0, 0.1) is 0 Å². The number of primary amides is 1. The summed E-state index contributed by atoms with van der Waals surface area (Å²) in [6.45, 7) is 4.10. The van der Waals surface area contributed by atoms with E-state index in [0.717, 1.165) is 37.7 Å². The smallest absolute Gasteiger partial charge is 0.246 e. The van der Waals surface area contributed by atoms with Crippen LogP contribution in [-0.4, -0.2) is 29.8 Å². The van der Waals surface area contributed by atoms with E-state index in [-0.39, 0.29) is 12.3 Å². The Labute approximate surface area is 162 Å². The summed E-state index contributed by atoms with van der Waals surface area (Å²) in [5.74, 6) is -1.25. The third-order valence-corrected chi connectivity index (χ3v) is 4.49. The highest BCUT2D eigenvalue weighted by Crippen LogP contribution is 2.12. The minimum Gasteiger partial charge on any atom is -0.370 e. The van der Waals surface area contributed by atoms with Gasteiger partial charge < -0.3 is 16.4 Å². The Kier molecular flexibility index (Phi) is 10.2. The maximum atomic E-state index is 12.6. The van der Waals surface area contributed by atoms with Crippen LogP contribution in [0.15, 0.2) is 30.3 Å². The van der Waals surface area contributed by atoms with E-state index in [4.69, 9.17) is 5.73 Å². The second-order valence-corrected chi connectivity index (χ2v) is 7.18. The zero-order valence-corrected chi connectivity index (χ0v) is 16.6. The molecule has 6 heteroatoms. The Bertz CT molecular complexity index is 604. The summed E-state index contributed by atoms with van der Waals surface area (Å²) in [7, 11) is 0. The van der Waals surface area contributed by atoms with Gasteiger partial charge in [0.1, 0.15) is 5.54 Å². The van der Waals surface area contributed by atoms with E-state index in [2.05, 4.69) is 17.6 Å². The van der Waals surface area contributed by atoms with Crippen molar-refractivity contribution in [1.29, 1.82) is 0 Å². The van der Waals surface area contributed by atoms with Gasteiger partial charge in [-0.1, -0.05) is 62.9 Å². The fourth-order valence-corrected chi connectivity index (χ4v) is 2.95. The van der Waals surface area contributed by atoms with E-state index in [9.17, 15) is 14.4 Å². The molecule has 4 N–H and O–H groups in total. The summed E-state index contributed by atoms with van der Waals surface area (Å²) in [6, 6.07) is 9.78. The van der Waals surface area contributed by atoms with Gasteiger partial charge in [-0.05, 0) is 25.3 Å². The van der Waals surface area contributed by atoms with Gasteiger partial charge in [-0.3, -0.25) is 14.4 Å². The van der Waals surface area contributed by atoms with Gasteiger partial charge in [0.25, 0.3) is 0 Å². The molecule has 1 unspecified atom stereocenters. The van der Waals surface area contributed by atoms with Crippen LogP contribution in [-0.2, 0) is 20.8 Å². The van der Waals surface area contributed by atoms with Crippen molar-refractivity contribution in [3.05, 3.63) is 35.9 Å². The lowest BCUT2D eigenvalue weighted by Gasteiger charge is -2.28. The minimum absolute atomic E-state index is 0.228. The molecule has 1 aromatic rings. The number of hydrogen-bond acceptors (Lipinski definition) is 3. The van der Waals surface area contributed by atoms with Gasteiger partial charge in [0.05, 0.1) is 6.42 Å². The topological polar surface area (TPSA) is 101 Å². The summed E-state index contributed by atoms with van der Waals surface area (Å²) in [6.07, 6.45) is 5.94. The quantitative estimate of drug-likeness (QED) is 0.462. The maximum absolute atomic E-state index is 12.6. The van der Waals surface area contributed by atoms with Gasteiger partial charge in [-0.25, -0.2) is 0 Å². The van der Waals surface area contributed by atoms with Crippen molar-refractivity contribution in [2.45, 2.75) is 70.8 Å². The van der Waals surface area contributed by atoms with Gasteiger partial charge in [-0.15, -0.1) is 0 Å². The third kappa shape index (κ3) is 9.22. The highest BCUT2D eigenvalue weighted by atomic mass is 16.2. The van der Waals surface area contributed by atoms with E-state index < -0.39 is 17.4 Å². The number of carbonyl (C=O) groups excluding carboxylic acids is 3. The lowest BCUT2D eigenvalue weighted by atomic mass is 9.95. The molecule has 1 rings (SSSR count). The van der Waals surface area contributed by atoms with E-state index in [1.807, 2.05) is 30.3 Å². The van der Waals surface area contributed by atoms with Crippen molar-refractivity contribution >= 4 is 17.7 Å². The highest BCUT2D eigenvalue weighted by molar-refractivity contribution is 5.95. The van der Waals surface area contributed by atoms with E-state index >= 15 is 0 Å². The van der Waals surface area contributed by atoms with Crippen LogP contribution in [0.4, 0.5) is 0 Å². The van der Waals surface area contributed by atoms with Crippen molar-refractivity contribution in [2.24, 2.45) is 5.73 Å². The number of unbranched alkanes of at least 4 members (excludes halogenated alkanes) is 4. The van der Waals surface area contributed by atoms with Gasteiger partial charge in [-0.2, -0.15) is 0 Å². The number of amides is 3. The average molecular weight is 376 g/mol. The van der Waals surface area contributed by atoms with Crippen molar-refractivity contribution in [3.63, 3.8) is 0 Å². The molecule has 0 bridgehead atoms. The summed E-state index contributed by atoms with van der Waals surface area (Å²) in [4.78, 5) is 36.3. The monoisotopic (exact) mass is 375 g/mol.